The van der Waals surface area contributed by atoms with E-state index in [0.717, 1.165) is 0 Å². The lowest BCUT2D eigenvalue weighted by molar-refractivity contribution is 0.0601. The van der Waals surface area contributed by atoms with Gasteiger partial charge in [0.15, 0.2) is 0 Å². The van der Waals surface area contributed by atoms with Gasteiger partial charge >= 0.3 is 5.97 Å². The minimum atomic E-state index is -0.445. The number of rotatable bonds is 3. The van der Waals surface area contributed by atoms with Gasteiger partial charge in [0, 0.05) is 12.7 Å². The molecule has 0 atom stereocenters. The van der Waals surface area contributed by atoms with Crippen molar-refractivity contribution in [2.24, 2.45) is 0 Å². The Labute approximate surface area is 116 Å². The van der Waals surface area contributed by atoms with Crippen LogP contribution in [0.5, 0.6) is 0 Å². The maximum atomic E-state index is 13.3. The van der Waals surface area contributed by atoms with E-state index in [0.29, 0.717) is 22.6 Å². The number of nitrogens with zero attached hydrogens (tertiary/aromatic N) is 1. The van der Waals surface area contributed by atoms with Crippen molar-refractivity contribution in [1.29, 1.82) is 0 Å². The van der Waals surface area contributed by atoms with E-state index in [-0.39, 0.29) is 5.82 Å². The summed E-state index contributed by atoms with van der Waals surface area (Å²) in [6, 6.07) is 11.0. The van der Waals surface area contributed by atoms with Gasteiger partial charge in [-0.15, -0.1) is 0 Å². The number of esters is 1. The van der Waals surface area contributed by atoms with Crippen LogP contribution in [0, 0.1) is 5.82 Å². The summed E-state index contributed by atoms with van der Waals surface area (Å²) in [6.07, 6.45) is 0. The monoisotopic (exact) mass is 274 g/mol. The zero-order valence-electron chi connectivity index (χ0n) is 11.3. The standard InChI is InChI=1S/C15H15FN2O2/c1-18(12-5-3-4-11(16)9-12)14-8-10(15(19)20-2)6-7-13(14)17/h3-9H,17H2,1-2H3. The normalized spacial score (nSPS) is 10.2. The quantitative estimate of drug-likeness (QED) is 0.690. The maximum Gasteiger partial charge on any atom is 0.337 e. The Morgan fingerprint density at radius 3 is 2.65 bits per heavy atom. The van der Waals surface area contributed by atoms with Crippen molar-refractivity contribution >= 4 is 23.0 Å². The van der Waals surface area contributed by atoms with E-state index < -0.39 is 5.97 Å². The fraction of sp³-hybridized carbons (Fsp3) is 0.133. The molecule has 2 rings (SSSR count). The fourth-order valence-electron chi connectivity index (χ4n) is 1.90. The molecule has 0 heterocycles. The number of hydrogen-bond acceptors (Lipinski definition) is 4. The van der Waals surface area contributed by atoms with Crippen molar-refractivity contribution in [3.05, 3.63) is 53.8 Å². The van der Waals surface area contributed by atoms with Gasteiger partial charge in [-0.2, -0.15) is 0 Å². The van der Waals surface area contributed by atoms with Crippen molar-refractivity contribution < 1.29 is 13.9 Å². The van der Waals surface area contributed by atoms with Gasteiger partial charge in [0.25, 0.3) is 0 Å². The van der Waals surface area contributed by atoms with Crippen molar-refractivity contribution in [2.75, 3.05) is 24.8 Å². The van der Waals surface area contributed by atoms with Crippen LogP contribution in [-0.2, 0) is 4.74 Å². The van der Waals surface area contributed by atoms with Crippen LogP contribution in [0.4, 0.5) is 21.5 Å². The molecule has 2 aromatic rings. The molecule has 0 saturated carbocycles. The van der Waals surface area contributed by atoms with Crippen LogP contribution in [0.25, 0.3) is 0 Å². The summed E-state index contributed by atoms with van der Waals surface area (Å²) < 4.78 is 18.0. The Bertz CT molecular complexity index is 644. The van der Waals surface area contributed by atoms with Gasteiger partial charge in [-0.25, -0.2) is 9.18 Å². The molecule has 0 unspecified atom stereocenters. The summed E-state index contributed by atoms with van der Waals surface area (Å²) in [5.74, 6) is -0.782. The highest BCUT2D eigenvalue weighted by atomic mass is 19.1. The van der Waals surface area contributed by atoms with Crippen molar-refractivity contribution in [3.63, 3.8) is 0 Å². The van der Waals surface area contributed by atoms with E-state index in [1.54, 1.807) is 42.3 Å². The van der Waals surface area contributed by atoms with Crippen molar-refractivity contribution in [1.82, 2.24) is 0 Å². The minimum absolute atomic E-state index is 0.336. The lowest BCUT2D eigenvalue weighted by Crippen LogP contribution is -2.13. The van der Waals surface area contributed by atoms with E-state index in [1.165, 1.54) is 19.2 Å². The molecule has 0 saturated heterocycles. The molecule has 5 heteroatoms. The highest BCUT2D eigenvalue weighted by Crippen LogP contribution is 2.30. The topological polar surface area (TPSA) is 55.6 Å². The molecule has 0 aliphatic heterocycles. The summed E-state index contributed by atoms with van der Waals surface area (Å²) in [5, 5.41) is 0. The maximum absolute atomic E-state index is 13.3. The highest BCUT2D eigenvalue weighted by molar-refractivity contribution is 5.92. The number of carbonyl (C=O) groups excluding carboxylic acids is 1. The number of ether oxygens (including phenoxy) is 1. The van der Waals surface area contributed by atoms with Gasteiger partial charge in [0.2, 0.25) is 0 Å². The molecule has 0 amide bonds. The number of methoxy groups -OCH3 is 1. The van der Waals surface area contributed by atoms with Gasteiger partial charge < -0.3 is 15.4 Å². The third kappa shape index (κ3) is 2.71. The van der Waals surface area contributed by atoms with E-state index in [2.05, 4.69) is 4.74 Å². The molecule has 0 aliphatic rings. The number of anilines is 3. The zero-order chi connectivity index (χ0) is 14.7. The predicted molar refractivity (Wildman–Crippen MR) is 76.7 cm³/mol. The van der Waals surface area contributed by atoms with Crippen LogP contribution in [0.3, 0.4) is 0 Å². The number of nitrogen functional groups attached to an aromatic ring is 1. The molecule has 0 aliphatic carbocycles. The molecule has 0 fully saturated rings. The molecule has 4 nitrogen and oxygen atoms in total. The SMILES string of the molecule is COC(=O)c1ccc(N)c(N(C)c2cccc(F)c2)c1. The first kappa shape index (κ1) is 13.9. The number of hydrogen-bond donors (Lipinski definition) is 1. The number of nitrogens with two attached hydrogens (primary N) is 1. The average Bonchev–Trinajstić information content (AvgIpc) is 2.46. The first-order valence-electron chi connectivity index (χ1n) is 6.00. The van der Waals surface area contributed by atoms with Crippen LogP contribution in [0.2, 0.25) is 0 Å². The number of carbonyl (C=O) groups is 1. The summed E-state index contributed by atoms with van der Waals surface area (Å²) in [4.78, 5) is 13.3. The largest absolute Gasteiger partial charge is 0.465 e. The van der Waals surface area contributed by atoms with Crippen LogP contribution >= 0.6 is 0 Å². The van der Waals surface area contributed by atoms with Crippen LogP contribution in [-0.4, -0.2) is 20.1 Å². The third-order valence-corrected chi connectivity index (χ3v) is 3.01. The third-order valence-electron chi connectivity index (χ3n) is 3.01. The van der Waals surface area contributed by atoms with Crippen molar-refractivity contribution in [2.45, 2.75) is 0 Å². The molecule has 0 bridgehead atoms. The minimum Gasteiger partial charge on any atom is -0.465 e. The molecular weight excluding hydrogens is 259 g/mol. The second kappa shape index (κ2) is 5.61. The second-order valence-corrected chi connectivity index (χ2v) is 4.30. The lowest BCUT2D eigenvalue weighted by atomic mass is 10.1. The van der Waals surface area contributed by atoms with Gasteiger partial charge in [-0.1, -0.05) is 6.07 Å². The van der Waals surface area contributed by atoms with E-state index >= 15 is 0 Å². The summed E-state index contributed by atoms with van der Waals surface area (Å²) in [6.45, 7) is 0. The molecule has 0 spiro atoms. The molecule has 2 aromatic carbocycles. The number of benzene rings is 2. The van der Waals surface area contributed by atoms with Crippen LogP contribution < -0.4 is 10.6 Å². The summed E-state index contributed by atoms with van der Waals surface area (Å²) in [5.41, 5.74) is 8.05. The highest BCUT2D eigenvalue weighted by Gasteiger charge is 2.13. The molecular formula is C15H15FN2O2. The Morgan fingerprint density at radius 1 is 1.25 bits per heavy atom. The van der Waals surface area contributed by atoms with E-state index in [9.17, 15) is 9.18 Å². The molecule has 104 valence electrons. The van der Waals surface area contributed by atoms with E-state index in [1.807, 2.05) is 0 Å². The summed E-state index contributed by atoms with van der Waals surface area (Å²) >= 11 is 0. The van der Waals surface area contributed by atoms with Gasteiger partial charge in [0.05, 0.1) is 24.0 Å². The number of halogens is 1. The van der Waals surface area contributed by atoms with Gasteiger partial charge in [0.1, 0.15) is 5.82 Å². The summed E-state index contributed by atoms with van der Waals surface area (Å²) in [7, 11) is 3.07. The van der Waals surface area contributed by atoms with E-state index in [4.69, 9.17) is 5.73 Å². The Hall–Kier alpha value is -2.56. The Morgan fingerprint density at radius 2 is 2.00 bits per heavy atom. The molecule has 0 aromatic heterocycles. The van der Waals surface area contributed by atoms with Gasteiger partial charge in [-0.05, 0) is 36.4 Å². The molecule has 20 heavy (non-hydrogen) atoms. The Balaban J connectivity index is 2.43. The van der Waals surface area contributed by atoms with Crippen LogP contribution in [0.1, 0.15) is 10.4 Å². The average molecular weight is 274 g/mol. The molecule has 0 radical (unpaired) electrons. The first-order valence-corrected chi connectivity index (χ1v) is 6.00. The zero-order valence-corrected chi connectivity index (χ0v) is 11.3. The van der Waals surface area contributed by atoms with Crippen molar-refractivity contribution in [3.8, 4) is 0 Å². The lowest BCUT2D eigenvalue weighted by Gasteiger charge is -2.21. The van der Waals surface area contributed by atoms with Gasteiger partial charge in [-0.3, -0.25) is 0 Å². The smallest absolute Gasteiger partial charge is 0.337 e. The first-order chi connectivity index (χ1) is 9.52. The molecule has 2 N–H and O–H groups in total. The predicted octanol–water partition coefficient (Wildman–Crippen LogP) is 2.96. The fourth-order valence-corrected chi connectivity index (χ4v) is 1.90. The Kier molecular flexibility index (Phi) is 3.89. The van der Waals surface area contributed by atoms with Crippen LogP contribution in [0.15, 0.2) is 42.5 Å². The second-order valence-electron chi connectivity index (χ2n) is 4.30.